The van der Waals surface area contributed by atoms with Gasteiger partial charge in [-0.25, -0.2) is 9.78 Å². The first-order chi connectivity index (χ1) is 10.0. The summed E-state index contributed by atoms with van der Waals surface area (Å²) in [5, 5.41) is 3.54. The van der Waals surface area contributed by atoms with E-state index in [9.17, 15) is 22.8 Å². The predicted molar refractivity (Wildman–Crippen MR) is 72.0 cm³/mol. The number of carbonyl (C=O) groups excluding carboxylic acids is 2. The molecule has 0 saturated heterocycles. The third-order valence-electron chi connectivity index (χ3n) is 2.69. The molecule has 0 aliphatic rings. The second-order valence-corrected chi connectivity index (χ2v) is 4.72. The summed E-state index contributed by atoms with van der Waals surface area (Å²) in [6.07, 6.45) is -5.15. The van der Waals surface area contributed by atoms with E-state index in [0.29, 0.717) is 11.3 Å². The summed E-state index contributed by atoms with van der Waals surface area (Å²) in [4.78, 5) is 26.8. The summed E-state index contributed by atoms with van der Waals surface area (Å²) in [5.41, 5.74) is -2.33. The van der Waals surface area contributed by atoms with E-state index in [4.69, 9.17) is 0 Å². The van der Waals surface area contributed by atoms with Crippen LogP contribution in [0.1, 0.15) is 18.2 Å². The molecule has 0 spiro atoms. The monoisotopic (exact) mass is 319 g/mol. The summed E-state index contributed by atoms with van der Waals surface area (Å²) in [7, 11) is 0.793. The zero-order chi connectivity index (χ0) is 17.1. The summed E-state index contributed by atoms with van der Waals surface area (Å²) in [6, 6.07) is 2.97. The highest BCUT2D eigenvalue weighted by Gasteiger charge is 2.63. The first-order valence-corrected chi connectivity index (χ1v) is 6.19. The Balaban J connectivity index is 3.41. The van der Waals surface area contributed by atoms with Gasteiger partial charge in [0.1, 0.15) is 5.82 Å². The van der Waals surface area contributed by atoms with Crippen LogP contribution in [0, 0.1) is 13.8 Å². The number of alkyl halides is 3. The van der Waals surface area contributed by atoms with Gasteiger partial charge in [0, 0.05) is 12.6 Å². The number of aryl methyl sites for hydroxylation is 2. The van der Waals surface area contributed by atoms with Gasteiger partial charge in [-0.2, -0.15) is 13.2 Å². The number of nitrogens with one attached hydrogen (secondary N) is 2. The van der Waals surface area contributed by atoms with Gasteiger partial charge in [0.05, 0.1) is 7.11 Å². The van der Waals surface area contributed by atoms with Gasteiger partial charge >= 0.3 is 17.8 Å². The predicted octanol–water partition coefficient (Wildman–Crippen LogP) is 1.68. The first kappa shape index (κ1) is 17.7. The van der Waals surface area contributed by atoms with Crippen LogP contribution in [0.2, 0.25) is 0 Å². The number of nitrogens with zero attached hydrogens (tertiary/aromatic N) is 1. The largest absolute Gasteiger partial charge is 0.466 e. The van der Waals surface area contributed by atoms with Crippen LogP contribution in [0.3, 0.4) is 0 Å². The van der Waals surface area contributed by atoms with Crippen LogP contribution >= 0.6 is 0 Å². The molecule has 1 aromatic rings. The van der Waals surface area contributed by atoms with E-state index < -0.39 is 23.7 Å². The molecule has 1 unspecified atom stereocenters. The van der Waals surface area contributed by atoms with Crippen LogP contribution in [0.25, 0.3) is 0 Å². The van der Waals surface area contributed by atoms with Gasteiger partial charge in [0.25, 0.3) is 0 Å². The zero-order valence-electron chi connectivity index (χ0n) is 12.5. The van der Waals surface area contributed by atoms with Crippen molar-refractivity contribution in [3.63, 3.8) is 0 Å². The van der Waals surface area contributed by atoms with Crippen LogP contribution in [0.5, 0.6) is 0 Å². The SMILES string of the molecule is COC(=O)C(NC(C)=O)(Nc1cc(C)cc(C)n1)C(F)(F)F. The fourth-order valence-corrected chi connectivity index (χ4v) is 1.91. The number of halogens is 3. The van der Waals surface area contributed by atoms with Crippen LogP contribution in [0.15, 0.2) is 12.1 Å². The quantitative estimate of drug-likeness (QED) is 0.652. The van der Waals surface area contributed by atoms with E-state index in [2.05, 4.69) is 9.72 Å². The highest BCUT2D eigenvalue weighted by molar-refractivity contribution is 5.90. The van der Waals surface area contributed by atoms with Gasteiger partial charge in [-0.05, 0) is 31.5 Å². The number of pyridine rings is 1. The topological polar surface area (TPSA) is 80.3 Å². The number of amides is 1. The standard InChI is InChI=1S/C13H16F3N3O3/c1-7-5-8(2)17-10(6-7)19-12(11(21)22-4,13(14,15)16)18-9(3)20/h5-6H,1-4H3,(H,17,19)(H,18,20). The van der Waals surface area contributed by atoms with Gasteiger partial charge in [-0.1, -0.05) is 0 Å². The minimum Gasteiger partial charge on any atom is -0.466 e. The molecule has 1 aromatic heterocycles. The van der Waals surface area contributed by atoms with E-state index in [1.165, 1.54) is 6.07 Å². The Morgan fingerprint density at radius 3 is 2.23 bits per heavy atom. The maximum Gasteiger partial charge on any atom is 0.441 e. The van der Waals surface area contributed by atoms with Gasteiger partial charge < -0.3 is 15.4 Å². The lowest BCUT2D eigenvalue weighted by Crippen LogP contribution is -2.69. The lowest BCUT2D eigenvalue weighted by molar-refractivity contribution is -0.206. The smallest absolute Gasteiger partial charge is 0.441 e. The van der Waals surface area contributed by atoms with Crippen molar-refractivity contribution in [3.05, 3.63) is 23.4 Å². The molecular formula is C13H16F3N3O3. The molecule has 0 aromatic carbocycles. The van der Waals surface area contributed by atoms with Crippen molar-refractivity contribution < 1.29 is 27.5 Å². The number of carbonyl (C=O) groups is 2. The van der Waals surface area contributed by atoms with Crippen molar-refractivity contribution in [2.75, 3.05) is 12.4 Å². The second kappa shape index (κ2) is 6.20. The molecule has 6 nitrogen and oxygen atoms in total. The maximum atomic E-state index is 13.5. The Bertz CT molecular complexity index is 569. The number of aromatic nitrogens is 1. The molecule has 1 atom stereocenters. The van der Waals surface area contributed by atoms with Gasteiger partial charge in [-0.3, -0.25) is 4.79 Å². The van der Waals surface area contributed by atoms with E-state index in [0.717, 1.165) is 14.0 Å². The number of methoxy groups -OCH3 is 1. The average Bonchev–Trinajstić information content (AvgIpc) is 2.33. The Hall–Kier alpha value is -2.32. The molecule has 1 rings (SSSR count). The third-order valence-corrected chi connectivity index (χ3v) is 2.69. The second-order valence-electron chi connectivity index (χ2n) is 4.72. The molecule has 22 heavy (non-hydrogen) atoms. The zero-order valence-corrected chi connectivity index (χ0v) is 12.5. The Morgan fingerprint density at radius 1 is 1.23 bits per heavy atom. The normalized spacial score (nSPS) is 14.0. The van der Waals surface area contributed by atoms with Gasteiger partial charge in [0.2, 0.25) is 5.91 Å². The molecule has 1 amide bonds. The summed E-state index contributed by atoms with van der Waals surface area (Å²) >= 11 is 0. The Labute approximate surface area is 125 Å². The number of hydrogen-bond donors (Lipinski definition) is 2. The minimum atomic E-state index is -5.15. The molecule has 9 heteroatoms. The van der Waals surface area contributed by atoms with E-state index >= 15 is 0 Å². The molecule has 0 saturated carbocycles. The third kappa shape index (κ3) is 3.66. The lowest BCUT2D eigenvalue weighted by atomic mass is 10.1. The van der Waals surface area contributed by atoms with E-state index in [1.54, 1.807) is 25.2 Å². The first-order valence-electron chi connectivity index (χ1n) is 6.19. The number of ether oxygens (including phenoxy) is 1. The van der Waals surface area contributed by atoms with E-state index in [1.807, 2.05) is 5.32 Å². The minimum absolute atomic E-state index is 0.214. The van der Waals surface area contributed by atoms with Crippen molar-refractivity contribution in [2.45, 2.75) is 32.6 Å². The molecule has 0 aliphatic heterocycles. The summed E-state index contributed by atoms with van der Waals surface area (Å²) < 4.78 is 44.6. The average molecular weight is 319 g/mol. The van der Waals surface area contributed by atoms with Crippen molar-refractivity contribution in [2.24, 2.45) is 0 Å². The maximum absolute atomic E-state index is 13.5. The van der Waals surface area contributed by atoms with Crippen molar-refractivity contribution in [3.8, 4) is 0 Å². The number of rotatable bonds is 4. The van der Waals surface area contributed by atoms with Crippen LogP contribution in [-0.2, 0) is 14.3 Å². The van der Waals surface area contributed by atoms with Crippen LogP contribution < -0.4 is 10.6 Å². The Kier molecular flexibility index (Phi) is 5.00. The highest BCUT2D eigenvalue weighted by atomic mass is 19.4. The summed E-state index contributed by atoms with van der Waals surface area (Å²) in [6.45, 7) is 4.11. The number of esters is 1. The van der Waals surface area contributed by atoms with Crippen LogP contribution in [0.4, 0.5) is 19.0 Å². The lowest BCUT2D eigenvalue weighted by Gasteiger charge is -2.34. The highest BCUT2D eigenvalue weighted by Crippen LogP contribution is 2.32. The molecule has 0 fully saturated rings. The van der Waals surface area contributed by atoms with E-state index in [-0.39, 0.29) is 5.82 Å². The molecule has 2 N–H and O–H groups in total. The van der Waals surface area contributed by atoms with Crippen molar-refractivity contribution >= 4 is 17.7 Å². The fraction of sp³-hybridized carbons (Fsp3) is 0.462. The molecule has 0 radical (unpaired) electrons. The molecule has 1 heterocycles. The molecular weight excluding hydrogens is 303 g/mol. The molecule has 122 valence electrons. The molecule has 0 aliphatic carbocycles. The van der Waals surface area contributed by atoms with Crippen molar-refractivity contribution in [1.29, 1.82) is 0 Å². The van der Waals surface area contributed by atoms with Crippen LogP contribution in [-0.4, -0.2) is 35.8 Å². The molecule has 0 bridgehead atoms. The van der Waals surface area contributed by atoms with Crippen molar-refractivity contribution in [1.82, 2.24) is 10.3 Å². The van der Waals surface area contributed by atoms with Gasteiger partial charge in [0.15, 0.2) is 0 Å². The number of hydrogen-bond acceptors (Lipinski definition) is 5. The fourth-order valence-electron chi connectivity index (χ4n) is 1.91. The number of anilines is 1. The Morgan fingerprint density at radius 2 is 1.82 bits per heavy atom. The van der Waals surface area contributed by atoms with Gasteiger partial charge in [-0.15, -0.1) is 0 Å². The summed E-state index contributed by atoms with van der Waals surface area (Å²) in [5.74, 6) is -2.97.